The highest BCUT2D eigenvalue weighted by atomic mass is 35.5. The zero-order valence-electron chi connectivity index (χ0n) is 17.1. The number of nitrogens with zero attached hydrogens (tertiary/aromatic N) is 4. The number of aromatic nitrogens is 3. The van der Waals surface area contributed by atoms with E-state index >= 15 is 0 Å². The second-order valence-electron chi connectivity index (χ2n) is 6.86. The van der Waals surface area contributed by atoms with E-state index in [4.69, 9.17) is 34.8 Å². The fourth-order valence-electron chi connectivity index (χ4n) is 3.07. The summed E-state index contributed by atoms with van der Waals surface area (Å²) in [5.74, 6) is -0.580. The molecule has 0 aliphatic rings. The smallest absolute Gasteiger partial charge is 0.234 e. The molecule has 0 aliphatic carbocycles. The zero-order valence-corrected chi connectivity index (χ0v) is 20.2. The summed E-state index contributed by atoms with van der Waals surface area (Å²) in [5, 5.41) is 21.5. The van der Waals surface area contributed by atoms with Crippen molar-refractivity contribution in [2.45, 2.75) is 5.16 Å². The van der Waals surface area contributed by atoms with Gasteiger partial charge in [0.1, 0.15) is 11.9 Å². The average Bonchev–Trinajstić information content (AvgIpc) is 3.23. The van der Waals surface area contributed by atoms with E-state index in [0.29, 0.717) is 43.5 Å². The molecule has 4 rings (SSSR count). The summed E-state index contributed by atoms with van der Waals surface area (Å²) >= 11 is 19.5. The van der Waals surface area contributed by atoms with E-state index in [1.807, 2.05) is 6.07 Å². The van der Waals surface area contributed by atoms with Crippen LogP contribution in [0.3, 0.4) is 0 Å². The number of rotatable bonds is 6. The van der Waals surface area contributed by atoms with E-state index in [9.17, 15) is 14.4 Å². The molecule has 0 bridgehead atoms. The molecule has 1 N–H and O–H groups in total. The molecule has 0 aliphatic heterocycles. The fourth-order valence-corrected chi connectivity index (χ4v) is 4.49. The average molecular weight is 533 g/mol. The van der Waals surface area contributed by atoms with Crippen molar-refractivity contribution >= 4 is 58.2 Å². The van der Waals surface area contributed by atoms with Crippen LogP contribution in [0.15, 0.2) is 65.8 Å². The number of hydrogen-bond donors (Lipinski definition) is 1. The number of thioether (sulfide) groups is 1. The molecule has 0 atom stereocenters. The van der Waals surface area contributed by atoms with Gasteiger partial charge in [0.05, 0.1) is 32.7 Å². The Kier molecular flexibility index (Phi) is 7.39. The first-order chi connectivity index (χ1) is 16.4. The third-order valence-corrected chi connectivity index (χ3v) is 6.39. The van der Waals surface area contributed by atoms with Gasteiger partial charge in [-0.1, -0.05) is 58.7 Å². The second kappa shape index (κ2) is 10.5. The molecule has 0 fully saturated rings. The van der Waals surface area contributed by atoms with Crippen LogP contribution in [-0.4, -0.2) is 26.4 Å². The molecular formula is C23H13Cl3FN5OS. The van der Waals surface area contributed by atoms with Crippen LogP contribution >= 0.6 is 46.6 Å². The lowest BCUT2D eigenvalue weighted by Crippen LogP contribution is -2.15. The van der Waals surface area contributed by atoms with Crippen LogP contribution in [-0.2, 0) is 4.79 Å². The van der Waals surface area contributed by atoms with Crippen molar-refractivity contribution in [3.8, 4) is 23.1 Å². The molecule has 0 radical (unpaired) electrons. The first-order valence-corrected chi connectivity index (χ1v) is 11.8. The summed E-state index contributed by atoms with van der Waals surface area (Å²) in [6, 6.07) is 17.8. The minimum atomic E-state index is -0.575. The van der Waals surface area contributed by atoms with Crippen LogP contribution in [0.25, 0.3) is 17.1 Å². The molecule has 170 valence electrons. The first-order valence-electron chi connectivity index (χ1n) is 9.65. The summed E-state index contributed by atoms with van der Waals surface area (Å²) in [6.07, 6.45) is 0. The molecule has 1 aromatic heterocycles. The van der Waals surface area contributed by atoms with E-state index in [1.165, 1.54) is 18.2 Å². The third kappa shape index (κ3) is 5.18. The molecular weight excluding hydrogens is 520 g/mol. The second-order valence-corrected chi connectivity index (χ2v) is 9.05. The van der Waals surface area contributed by atoms with Gasteiger partial charge in [-0.3, -0.25) is 9.36 Å². The number of carbonyl (C=O) groups is 1. The quantitative estimate of drug-likeness (QED) is 0.282. The lowest BCUT2D eigenvalue weighted by atomic mass is 10.2. The van der Waals surface area contributed by atoms with Gasteiger partial charge in [-0.05, 0) is 48.5 Å². The fraction of sp³-hybridized carbons (Fsp3) is 0.0435. The number of nitrogens with one attached hydrogen (secondary N) is 1. The minimum Gasteiger partial charge on any atom is -0.324 e. The van der Waals surface area contributed by atoms with E-state index in [-0.39, 0.29) is 16.7 Å². The molecule has 34 heavy (non-hydrogen) atoms. The summed E-state index contributed by atoms with van der Waals surface area (Å²) in [6.45, 7) is 0. The monoisotopic (exact) mass is 531 g/mol. The van der Waals surface area contributed by atoms with E-state index in [2.05, 4.69) is 15.5 Å². The number of anilines is 1. The molecule has 0 saturated carbocycles. The van der Waals surface area contributed by atoms with Crippen molar-refractivity contribution in [2.75, 3.05) is 11.1 Å². The predicted molar refractivity (Wildman–Crippen MR) is 132 cm³/mol. The van der Waals surface area contributed by atoms with Crippen LogP contribution in [0.5, 0.6) is 0 Å². The van der Waals surface area contributed by atoms with Gasteiger partial charge >= 0.3 is 0 Å². The minimum absolute atomic E-state index is 0.0266. The lowest BCUT2D eigenvalue weighted by molar-refractivity contribution is -0.113. The maximum atomic E-state index is 13.8. The number of halogens is 4. The van der Waals surface area contributed by atoms with Gasteiger partial charge in [-0.15, -0.1) is 10.2 Å². The maximum absolute atomic E-state index is 13.8. The Balaban J connectivity index is 1.67. The number of nitriles is 1. The van der Waals surface area contributed by atoms with Crippen molar-refractivity contribution in [2.24, 2.45) is 0 Å². The Morgan fingerprint density at radius 2 is 1.85 bits per heavy atom. The Morgan fingerprint density at radius 1 is 1.06 bits per heavy atom. The van der Waals surface area contributed by atoms with Crippen molar-refractivity contribution in [3.05, 3.63) is 87.1 Å². The molecule has 1 amide bonds. The Bertz CT molecular complexity index is 1440. The summed E-state index contributed by atoms with van der Waals surface area (Å²) in [7, 11) is 0. The summed E-state index contributed by atoms with van der Waals surface area (Å²) in [4.78, 5) is 12.6. The normalized spacial score (nSPS) is 10.7. The molecule has 11 heteroatoms. The molecule has 1 heterocycles. The number of carbonyl (C=O) groups excluding carboxylic acids is 1. The van der Waals surface area contributed by atoms with Crippen LogP contribution in [0.2, 0.25) is 15.1 Å². The van der Waals surface area contributed by atoms with Gasteiger partial charge in [-0.2, -0.15) is 5.26 Å². The molecule has 6 nitrogen and oxygen atoms in total. The Morgan fingerprint density at radius 3 is 2.59 bits per heavy atom. The molecule has 0 spiro atoms. The van der Waals surface area contributed by atoms with Gasteiger partial charge in [0.25, 0.3) is 0 Å². The van der Waals surface area contributed by atoms with Crippen molar-refractivity contribution in [1.29, 1.82) is 5.26 Å². The van der Waals surface area contributed by atoms with Gasteiger partial charge < -0.3 is 5.32 Å². The zero-order chi connectivity index (χ0) is 24.2. The van der Waals surface area contributed by atoms with Crippen LogP contribution < -0.4 is 5.32 Å². The first kappa shape index (κ1) is 24.0. The number of amides is 1. The largest absolute Gasteiger partial charge is 0.324 e. The molecule has 3 aromatic carbocycles. The number of hydrogen-bond acceptors (Lipinski definition) is 5. The van der Waals surface area contributed by atoms with Crippen molar-refractivity contribution in [1.82, 2.24) is 14.8 Å². The van der Waals surface area contributed by atoms with Crippen LogP contribution in [0, 0.1) is 17.1 Å². The van der Waals surface area contributed by atoms with Gasteiger partial charge in [0.15, 0.2) is 11.0 Å². The standard InChI is InChI=1S/C23H13Cl3FN5OS/c24-14-5-7-16(17(25)9-14)22-30-31-23(32(22)15-6-8-19(27)18(26)10-15)34-12-21(33)29-20-4-2-1-3-13(20)11-28/h1-10H,12H2,(H,29,33). The van der Waals surface area contributed by atoms with E-state index in [1.54, 1.807) is 47.0 Å². The third-order valence-electron chi connectivity index (χ3n) is 4.62. The van der Waals surface area contributed by atoms with Gasteiger partial charge in [0.2, 0.25) is 5.91 Å². The van der Waals surface area contributed by atoms with E-state index in [0.717, 1.165) is 11.8 Å². The number of para-hydroxylation sites is 1. The molecule has 0 unspecified atom stereocenters. The highest BCUT2D eigenvalue weighted by Gasteiger charge is 2.20. The summed E-state index contributed by atoms with van der Waals surface area (Å²) in [5.41, 5.74) is 1.79. The van der Waals surface area contributed by atoms with Gasteiger partial charge in [-0.25, -0.2) is 4.39 Å². The predicted octanol–water partition coefficient (Wildman–Crippen LogP) is 6.64. The number of benzene rings is 3. The SMILES string of the molecule is N#Cc1ccccc1NC(=O)CSc1nnc(-c2ccc(Cl)cc2Cl)n1-c1ccc(F)c(Cl)c1. The lowest BCUT2D eigenvalue weighted by Gasteiger charge is -2.12. The molecule has 0 saturated heterocycles. The van der Waals surface area contributed by atoms with Crippen LogP contribution in [0.4, 0.5) is 10.1 Å². The van der Waals surface area contributed by atoms with Crippen molar-refractivity contribution < 1.29 is 9.18 Å². The summed E-state index contributed by atoms with van der Waals surface area (Å²) < 4.78 is 15.4. The molecule has 4 aromatic rings. The highest BCUT2D eigenvalue weighted by molar-refractivity contribution is 7.99. The Labute approximate surface area is 213 Å². The van der Waals surface area contributed by atoms with E-state index < -0.39 is 5.82 Å². The van der Waals surface area contributed by atoms with Gasteiger partial charge in [0, 0.05) is 10.6 Å². The highest BCUT2D eigenvalue weighted by Crippen LogP contribution is 2.34. The van der Waals surface area contributed by atoms with Crippen molar-refractivity contribution in [3.63, 3.8) is 0 Å². The topological polar surface area (TPSA) is 83.6 Å². The maximum Gasteiger partial charge on any atom is 0.234 e. The Hall–Kier alpha value is -3.09. The van der Waals surface area contributed by atoms with Crippen LogP contribution in [0.1, 0.15) is 5.56 Å².